The molecule has 2 unspecified atom stereocenters. The fraction of sp³-hybridized carbons (Fsp3) is 0.294. The first kappa shape index (κ1) is 17.9. The molecule has 0 spiro atoms. The summed E-state index contributed by atoms with van der Waals surface area (Å²) in [6.45, 7) is 5.57. The van der Waals surface area contributed by atoms with Crippen LogP contribution in [0.2, 0.25) is 5.02 Å². The summed E-state index contributed by atoms with van der Waals surface area (Å²) in [5, 5.41) is 6.08. The number of halogens is 1. The number of carbonyl (C=O) groups excluding carboxylic acids is 2. The smallest absolute Gasteiger partial charge is 0.324 e. The maximum atomic E-state index is 12.5. The number of nitrogens with one attached hydrogen (secondary N) is 2. The lowest BCUT2D eigenvalue weighted by Gasteiger charge is -2.19. The molecule has 2 heterocycles. The summed E-state index contributed by atoms with van der Waals surface area (Å²) in [5.41, 5.74) is 7.38. The molecular formula is C17H19ClN6O2. The van der Waals surface area contributed by atoms with Crippen LogP contribution in [-0.2, 0) is 0 Å². The van der Waals surface area contributed by atoms with Crippen LogP contribution in [0.5, 0.6) is 0 Å². The van der Waals surface area contributed by atoms with Crippen molar-refractivity contribution in [1.82, 2.24) is 15.3 Å². The zero-order valence-corrected chi connectivity index (χ0v) is 15.3. The fourth-order valence-corrected chi connectivity index (χ4v) is 2.85. The molecule has 1 aromatic heterocycles. The second-order valence-electron chi connectivity index (χ2n) is 6.18. The van der Waals surface area contributed by atoms with Gasteiger partial charge in [0.05, 0.1) is 6.04 Å². The molecule has 8 nitrogen and oxygen atoms in total. The zero-order valence-electron chi connectivity index (χ0n) is 14.6. The van der Waals surface area contributed by atoms with Crippen molar-refractivity contribution in [2.24, 2.45) is 0 Å². The van der Waals surface area contributed by atoms with Gasteiger partial charge in [-0.3, -0.25) is 9.69 Å². The monoisotopic (exact) mass is 374 g/mol. The molecule has 1 aliphatic rings. The zero-order chi connectivity index (χ0) is 19.0. The quantitative estimate of drug-likeness (QED) is 0.764. The van der Waals surface area contributed by atoms with Gasteiger partial charge in [-0.15, -0.1) is 0 Å². The van der Waals surface area contributed by atoms with Gasteiger partial charge in [0.25, 0.3) is 5.91 Å². The summed E-state index contributed by atoms with van der Waals surface area (Å²) < 4.78 is 0. The van der Waals surface area contributed by atoms with Gasteiger partial charge in [-0.1, -0.05) is 17.7 Å². The van der Waals surface area contributed by atoms with Crippen LogP contribution in [0.25, 0.3) is 0 Å². The topological polar surface area (TPSA) is 113 Å². The van der Waals surface area contributed by atoms with Crippen molar-refractivity contribution >= 4 is 41.0 Å². The summed E-state index contributed by atoms with van der Waals surface area (Å²) in [5.74, 6) is -0.300. The lowest BCUT2D eigenvalue weighted by molar-refractivity contribution is 0.102. The number of aromatic nitrogens is 2. The van der Waals surface area contributed by atoms with Crippen molar-refractivity contribution in [3.05, 3.63) is 40.5 Å². The SMILES string of the molecule is Cc1c(Cl)cccc1NC(=O)c1cnc(N2C(=O)NC(C)C2C)nc1N. The largest absolute Gasteiger partial charge is 0.383 e. The van der Waals surface area contributed by atoms with Gasteiger partial charge in [-0.2, -0.15) is 4.98 Å². The van der Waals surface area contributed by atoms with E-state index in [0.717, 1.165) is 5.56 Å². The van der Waals surface area contributed by atoms with Crippen LogP contribution in [0, 0.1) is 6.92 Å². The summed E-state index contributed by atoms with van der Waals surface area (Å²) in [4.78, 5) is 34.2. The van der Waals surface area contributed by atoms with E-state index in [4.69, 9.17) is 17.3 Å². The summed E-state index contributed by atoms with van der Waals surface area (Å²) in [6, 6.07) is 4.75. The lowest BCUT2D eigenvalue weighted by Crippen LogP contribution is -2.35. The highest BCUT2D eigenvalue weighted by molar-refractivity contribution is 6.31. The highest BCUT2D eigenvalue weighted by atomic mass is 35.5. The Bertz CT molecular complexity index is 888. The number of benzene rings is 1. The van der Waals surface area contributed by atoms with E-state index in [2.05, 4.69) is 20.6 Å². The highest BCUT2D eigenvalue weighted by Gasteiger charge is 2.36. The van der Waals surface area contributed by atoms with Crippen LogP contribution in [-0.4, -0.2) is 34.0 Å². The van der Waals surface area contributed by atoms with Crippen LogP contribution in [0.15, 0.2) is 24.4 Å². The predicted octanol–water partition coefficient (Wildman–Crippen LogP) is 2.58. The van der Waals surface area contributed by atoms with E-state index in [1.54, 1.807) is 25.1 Å². The molecule has 3 rings (SSSR count). The second-order valence-corrected chi connectivity index (χ2v) is 6.59. The Morgan fingerprint density at radius 3 is 2.73 bits per heavy atom. The van der Waals surface area contributed by atoms with E-state index in [0.29, 0.717) is 10.7 Å². The van der Waals surface area contributed by atoms with Crippen molar-refractivity contribution in [3.8, 4) is 0 Å². The normalized spacial score (nSPS) is 19.4. The van der Waals surface area contributed by atoms with Crippen LogP contribution >= 0.6 is 11.6 Å². The van der Waals surface area contributed by atoms with E-state index >= 15 is 0 Å². The Morgan fingerprint density at radius 2 is 2.12 bits per heavy atom. The molecule has 9 heteroatoms. The van der Waals surface area contributed by atoms with E-state index in [1.807, 2.05) is 13.8 Å². The minimum absolute atomic E-state index is 0.00765. The first-order chi connectivity index (χ1) is 12.3. The van der Waals surface area contributed by atoms with E-state index < -0.39 is 5.91 Å². The standard InChI is InChI=1S/C17H19ClN6O2/c1-8-12(18)5-4-6-13(8)22-15(25)11-7-20-16(23-14(11)19)24-10(3)9(2)21-17(24)26/h4-7,9-10H,1-3H3,(H,21,26)(H,22,25)(H2,19,20,23). The van der Waals surface area contributed by atoms with Gasteiger partial charge < -0.3 is 16.4 Å². The Hall–Kier alpha value is -2.87. The third-order valence-electron chi connectivity index (χ3n) is 4.48. The highest BCUT2D eigenvalue weighted by Crippen LogP contribution is 2.25. The van der Waals surface area contributed by atoms with Gasteiger partial charge in [0.1, 0.15) is 11.4 Å². The summed E-state index contributed by atoms with van der Waals surface area (Å²) >= 11 is 6.06. The van der Waals surface area contributed by atoms with E-state index in [-0.39, 0.29) is 35.4 Å². The molecule has 0 bridgehead atoms. The molecule has 0 radical (unpaired) electrons. The maximum Gasteiger partial charge on any atom is 0.324 e. The Balaban J connectivity index is 1.85. The van der Waals surface area contributed by atoms with Crippen molar-refractivity contribution in [3.63, 3.8) is 0 Å². The van der Waals surface area contributed by atoms with Gasteiger partial charge in [-0.05, 0) is 38.5 Å². The molecule has 4 N–H and O–H groups in total. The molecule has 136 valence electrons. The van der Waals surface area contributed by atoms with Gasteiger partial charge >= 0.3 is 6.03 Å². The van der Waals surface area contributed by atoms with Crippen LogP contribution in [0.1, 0.15) is 29.8 Å². The summed E-state index contributed by atoms with van der Waals surface area (Å²) in [6.07, 6.45) is 1.32. The Kier molecular flexibility index (Phi) is 4.69. The second kappa shape index (κ2) is 6.80. The number of hydrogen-bond acceptors (Lipinski definition) is 5. The van der Waals surface area contributed by atoms with Gasteiger partial charge in [0.15, 0.2) is 0 Å². The first-order valence-electron chi connectivity index (χ1n) is 8.08. The van der Waals surface area contributed by atoms with Crippen molar-refractivity contribution in [1.29, 1.82) is 0 Å². The minimum atomic E-state index is -0.452. The van der Waals surface area contributed by atoms with Gasteiger partial charge in [0.2, 0.25) is 5.95 Å². The maximum absolute atomic E-state index is 12.5. The van der Waals surface area contributed by atoms with Gasteiger partial charge in [-0.25, -0.2) is 9.78 Å². The number of anilines is 3. The number of rotatable bonds is 3. The summed E-state index contributed by atoms with van der Waals surface area (Å²) in [7, 11) is 0. The molecule has 1 aliphatic heterocycles. The number of carbonyl (C=O) groups is 2. The number of nitrogens with zero attached hydrogens (tertiary/aromatic N) is 3. The predicted molar refractivity (Wildman–Crippen MR) is 101 cm³/mol. The molecule has 2 aromatic rings. The first-order valence-corrected chi connectivity index (χ1v) is 8.46. The van der Waals surface area contributed by atoms with E-state index in [1.165, 1.54) is 11.1 Å². The van der Waals surface area contributed by atoms with E-state index in [9.17, 15) is 9.59 Å². The number of amides is 3. The van der Waals surface area contributed by atoms with Gasteiger partial charge in [0, 0.05) is 22.9 Å². The van der Waals surface area contributed by atoms with Crippen LogP contribution < -0.4 is 21.3 Å². The Labute approximate surface area is 155 Å². The molecule has 3 amide bonds. The Morgan fingerprint density at radius 1 is 1.38 bits per heavy atom. The van der Waals surface area contributed by atoms with Crippen molar-refractivity contribution in [2.45, 2.75) is 32.9 Å². The number of nitrogens with two attached hydrogens (primary N) is 1. The molecular weight excluding hydrogens is 356 g/mol. The van der Waals surface area contributed by atoms with Crippen molar-refractivity contribution < 1.29 is 9.59 Å². The molecule has 0 saturated carbocycles. The lowest BCUT2D eigenvalue weighted by atomic mass is 10.2. The molecule has 1 aromatic carbocycles. The molecule has 1 fully saturated rings. The average Bonchev–Trinajstić information content (AvgIpc) is 2.84. The third kappa shape index (κ3) is 3.15. The van der Waals surface area contributed by atoms with Crippen LogP contribution in [0.4, 0.5) is 22.2 Å². The molecule has 0 aliphatic carbocycles. The number of urea groups is 1. The average molecular weight is 375 g/mol. The third-order valence-corrected chi connectivity index (χ3v) is 4.89. The number of hydrogen-bond donors (Lipinski definition) is 3. The fourth-order valence-electron chi connectivity index (χ4n) is 2.68. The minimum Gasteiger partial charge on any atom is -0.383 e. The number of nitrogen functional groups attached to an aromatic ring is 1. The molecule has 1 saturated heterocycles. The van der Waals surface area contributed by atoms with Crippen LogP contribution in [0.3, 0.4) is 0 Å². The molecule has 26 heavy (non-hydrogen) atoms. The molecule has 2 atom stereocenters. The van der Waals surface area contributed by atoms with Crippen molar-refractivity contribution in [2.75, 3.05) is 16.0 Å².